The number of rotatable bonds is 6. The number of benzene rings is 3. The lowest BCUT2D eigenvalue weighted by atomic mass is 9.88. The van der Waals surface area contributed by atoms with Gasteiger partial charge in [0.2, 0.25) is 17.7 Å². The molecule has 1 N–H and O–H groups in total. The topological polar surface area (TPSA) is 131 Å². The van der Waals surface area contributed by atoms with Crippen LogP contribution in [0.15, 0.2) is 72.8 Å². The largest absolute Gasteiger partial charge is 0.497 e. The van der Waals surface area contributed by atoms with Crippen molar-refractivity contribution >= 4 is 46.5 Å². The maximum absolute atomic E-state index is 14.1. The quantitative estimate of drug-likeness (QED) is 0.285. The van der Waals surface area contributed by atoms with Crippen LogP contribution in [0.25, 0.3) is 6.08 Å². The molecule has 2 saturated heterocycles. The molecule has 3 aromatic carbocycles. The van der Waals surface area contributed by atoms with E-state index in [1.807, 2.05) is 41.3 Å². The molecule has 0 spiro atoms. The van der Waals surface area contributed by atoms with E-state index in [0.29, 0.717) is 17.2 Å². The van der Waals surface area contributed by atoms with Crippen molar-refractivity contribution in [2.24, 2.45) is 11.8 Å². The highest BCUT2D eigenvalue weighted by Crippen LogP contribution is 2.49. The van der Waals surface area contributed by atoms with Crippen LogP contribution in [0, 0.1) is 22.0 Å². The summed E-state index contributed by atoms with van der Waals surface area (Å²) in [5, 5.41) is 14.0. The molecule has 40 heavy (non-hydrogen) atoms. The molecule has 3 aliphatic rings. The van der Waals surface area contributed by atoms with Crippen LogP contribution in [-0.2, 0) is 14.4 Å². The minimum absolute atomic E-state index is 0.162. The van der Waals surface area contributed by atoms with E-state index in [2.05, 4.69) is 5.32 Å². The molecule has 3 amide bonds. The van der Waals surface area contributed by atoms with Crippen molar-refractivity contribution in [2.45, 2.75) is 12.1 Å². The lowest BCUT2D eigenvalue weighted by Crippen LogP contribution is -2.50. The Hall–Kier alpha value is -5.19. The van der Waals surface area contributed by atoms with Crippen molar-refractivity contribution in [1.82, 2.24) is 0 Å². The average molecular weight is 541 g/mol. The van der Waals surface area contributed by atoms with E-state index in [0.717, 1.165) is 16.2 Å². The fourth-order valence-corrected chi connectivity index (χ4v) is 5.91. The van der Waals surface area contributed by atoms with E-state index in [1.165, 1.54) is 38.5 Å². The van der Waals surface area contributed by atoms with Gasteiger partial charge in [-0.05, 0) is 35.9 Å². The van der Waals surface area contributed by atoms with Crippen LogP contribution in [-0.4, -0.2) is 48.9 Å². The number of nitrogens with one attached hydrogen (secondary N) is 1. The average Bonchev–Trinajstić information content (AvgIpc) is 3.45. The Kier molecular flexibility index (Phi) is 5.98. The number of fused-ring (bicyclic) bond motifs is 5. The van der Waals surface area contributed by atoms with E-state index in [9.17, 15) is 24.5 Å². The molecular weight excluding hydrogens is 516 g/mol. The predicted molar refractivity (Wildman–Crippen MR) is 146 cm³/mol. The zero-order valence-corrected chi connectivity index (χ0v) is 21.5. The number of carbonyl (C=O) groups excluding carboxylic acids is 3. The van der Waals surface area contributed by atoms with Crippen molar-refractivity contribution in [3.05, 3.63) is 88.5 Å². The number of nitro benzene ring substituents is 1. The van der Waals surface area contributed by atoms with Crippen molar-refractivity contribution in [3.8, 4) is 11.5 Å². The molecule has 11 heteroatoms. The van der Waals surface area contributed by atoms with Crippen LogP contribution >= 0.6 is 0 Å². The first-order valence-corrected chi connectivity index (χ1v) is 12.5. The molecule has 4 atom stereocenters. The second-order valence-electron chi connectivity index (χ2n) is 9.65. The van der Waals surface area contributed by atoms with Crippen LogP contribution in [0.5, 0.6) is 11.5 Å². The molecular formula is C29H24N4O7. The minimum Gasteiger partial charge on any atom is -0.497 e. The first kappa shape index (κ1) is 25.1. The van der Waals surface area contributed by atoms with Gasteiger partial charge in [0.05, 0.1) is 48.4 Å². The molecule has 202 valence electrons. The summed E-state index contributed by atoms with van der Waals surface area (Å²) in [4.78, 5) is 55.3. The molecule has 0 bridgehead atoms. The highest BCUT2D eigenvalue weighted by atomic mass is 16.6. The van der Waals surface area contributed by atoms with Gasteiger partial charge in [-0.1, -0.05) is 30.4 Å². The number of nitro groups is 1. The smallest absolute Gasteiger partial charge is 0.269 e. The third-order valence-electron chi connectivity index (χ3n) is 7.67. The fraction of sp³-hybridized carbons (Fsp3) is 0.207. The number of ether oxygens (including phenoxy) is 2. The number of non-ortho nitro benzene ring substituents is 1. The molecule has 3 heterocycles. The first-order valence-electron chi connectivity index (χ1n) is 12.5. The molecule has 3 aromatic rings. The maximum Gasteiger partial charge on any atom is 0.269 e. The molecule has 2 fully saturated rings. The number of anilines is 3. The van der Waals surface area contributed by atoms with E-state index in [4.69, 9.17) is 9.47 Å². The third kappa shape index (κ3) is 3.77. The number of hydrogen-bond acceptors (Lipinski definition) is 8. The van der Waals surface area contributed by atoms with Crippen LogP contribution in [0.1, 0.15) is 5.56 Å². The van der Waals surface area contributed by atoms with Crippen LogP contribution in [0.2, 0.25) is 0 Å². The summed E-state index contributed by atoms with van der Waals surface area (Å²) in [5.74, 6) is -2.42. The van der Waals surface area contributed by atoms with Crippen LogP contribution in [0.3, 0.4) is 0 Å². The van der Waals surface area contributed by atoms with Crippen molar-refractivity contribution in [2.75, 3.05) is 29.3 Å². The van der Waals surface area contributed by atoms with Gasteiger partial charge in [-0.15, -0.1) is 0 Å². The van der Waals surface area contributed by atoms with Gasteiger partial charge in [0.15, 0.2) is 0 Å². The number of para-hydroxylation sites is 1. The normalized spacial score (nSPS) is 22.4. The number of carbonyl (C=O) groups is 3. The Morgan fingerprint density at radius 1 is 0.950 bits per heavy atom. The summed E-state index contributed by atoms with van der Waals surface area (Å²) in [7, 11) is 2.98. The molecule has 0 radical (unpaired) electrons. The van der Waals surface area contributed by atoms with Crippen molar-refractivity contribution < 1.29 is 28.8 Å². The molecule has 0 aromatic heterocycles. The second-order valence-corrected chi connectivity index (χ2v) is 9.65. The van der Waals surface area contributed by atoms with Crippen LogP contribution < -0.4 is 24.6 Å². The van der Waals surface area contributed by atoms with Gasteiger partial charge >= 0.3 is 0 Å². The summed E-state index contributed by atoms with van der Waals surface area (Å²) >= 11 is 0. The van der Waals surface area contributed by atoms with Crippen LogP contribution in [0.4, 0.5) is 22.7 Å². The monoisotopic (exact) mass is 540 g/mol. The molecule has 0 unspecified atom stereocenters. The zero-order chi connectivity index (χ0) is 28.1. The van der Waals surface area contributed by atoms with Gasteiger partial charge in [-0.3, -0.25) is 24.5 Å². The Morgan fingerprint density at radius 3 is 2.38 bits per heavy atom. The van der Waals surface area contributed by atoms with Gasteiger partial charge in [0.25, 0.3) is 5.69 Å². The highest BCUT2D eigenvalue weighted by Gasteiger charge is 2.64. The molecule has 11 nitrogen and oxygen atoms in total. The summed E-state index contributed by atoms with van der Waals surface area (Å²) in [6.07, 6.45) is 3.75. The summed E-state index contributed by atoms with van der Waals surface area (Å²) < 4.78 is 10.7. The molecule has 3 aliphatic heterocycles. The lowest BCUT2D eigenvalue weighted by Gasteiger charge is -2.36. The Labute approximate surface area is 228 Å². The number of nitrogens with zero attached hydrogens (tertiary/aromatic N) is 3. The Bertz CT molecular complexity index is 1590. The van der Waals surface area contributed by atoms with Gasteiger partial charge in [-0.2, -0.15) is 0 Å². The predicted octanol–water partition coefficient (Wildman–Crippen LogP) is 3.64. The fourth-order valence-electron chi connectivity index (χ4n) is 5.91. The van der Waals surface area contributed by atoms with Crippen molar-refractivity contribution in [3.63, 3.8) is 0 Å². The minimum atomic E-state index is -1.03. The first-order chi connectivity index (χ1) is 19.3. The van der Waals surface area contributed by atoms with Gasteiger partial charge in [-0.25, -0.2) is 4.90 Å². The number of imide groups is 1. The van der Waals surface area contributed by atoms with Gasteiger partial charge < -0.3 is 19.7 Å². The second kappa shape index (κ2) is 9.53. The lowest BCUT2D eigenvalue weighted by molar-refractivity contribution is -0.384. The Balaban J connectivity index is 1.42. The summed E-state index contributed by atoms with van der Waals surface area (Å²) in [6, 6.07) is 16.1. The highest BCUT2D eigenvalue weighted by molar-refractivity contribution is 6.25. The van der Waals surface area contributed by atoms with E-state index >= 15 is 0 Å². The number of hydrogen-bond donors (Lipinski definition) is 1. The van der Waals surface area contributed by atoms with E-state index in [1.54, 1.807) is 18.2 Å². The van der Waals surface area contributed by atoms with E-state index < -0.39 is 46.6 Å². The molecule has 0 aliphatic carbocycles. The van der Waals surface area contributed by atoms with Gasteiger partial charge in [0, 0.05) is 23.9 Å². The van der Waals surface area contributed by atoms with Gasteiger partial charge in [0.1, 0.15) is 17.5 Å². The van der Waals surface area contributed by atoms with E-state index in [-0.39, 0.29) is 11.4 Å². The molecule has 6 rings (SSSR count). The molecule has 0 saturated carbocycles. The zero-order valence-electron chi connectivity index (χ0n) is 21.5. The summed E-state index contributed by atoms with van der Waals surface area (Å²) in [6.45, 7) is 0. The summed E-state index contributed by atoms with van der Waals surface area (Å²) in [5.41, 5.74) is 2.02. The maximum atomic E-state index is 14.1. The Morgan fingerprint density at radius 2 is 1.68 bits per heavy atom. The third-order valence-corrected chi connectivity index (χ3v) is 7.67. The number of amides is 3. The SMILES string of the molecule is COc1ccc(OC)c(NC(=O)[C@@H]2[C@@H]3C(=O)N(c4ccc([N+](=O)[O-])cc4)C(=O)[C@H]3[C@H]3C=Cc4ccccc4N32)c1. The standard InChI is InChI=1S/C29H24N4O7/c1-39-19-12-14-23(40-2)20(15-19)30-27(34)26-25-24(22-13-7-16-5-3-4-6-21(16)32(22)26)28(35)31(29(25)36)17-8-10-18(11-9-17)33(37)38/h3-15,22,24-26H,1-2H3,(H,30,34)/t22-,24+,25-,26+/m1/s1. The number of methoxy groups -OCH3 is 2. The van der Waals surface area contributed by atoms with Crippen molar-refractivity contribution in [1.29, 1.82) is 0 Å².